The SMILES string of the molecule is C/C(=N\NS(=O)[O-])c1c(C)nn(C)c1C.[Ar].[I][V][I]. The van der Waals surface area contributed by atoms with Crippen LogP contribution in [0.4, 0.5) is 0 Å². The second kappa shape index (κ2) is 12.6. The van der Waals surface area contributed by atoms with Crippen molar-refractivity contribution in [3.05, 3.63) is 17.0 Å². The molecule has 6 nitrogen and oxygen atoms in total. The molecule has 0 aliphatic carbocycles. The topological polar surface area (TPSA) is 82.3 Å². The van der Waals surface area contributed by atoms with Gasteiger partial charge in [-0.25, -0.2) is 4.83 Å². The molecule has 1 aromatic heterocycles. The van der Waals surface area contributed by atoms with Crippen molar-refractivity contribution in [1.29, 1.82) is 0 Å². The molecule has 111 valence electrons. The van der Waals surface area contributed by atoms with Crippen LogP contribution in [0.1, 0.15) is 23.9 Å². The maximum absolute atomic E-state index is 10.3. The standard InChI is InChI=1S/C8H14N4O2S.Ar.2HI.V/c1-5(9-11-15(13)14)8-6(2)10-12(4)7(8)3;;;;/h11H,1-4H3,(H,13,14);;2*1H;/q;;;;+2/p-3/b9-5+;;;;. The number of halogens is 2. The molecule has 0 spiro atoms. The van der Waals surface area contributed by atoms with Crippen molar-refractivity contribution >= 4 is 56.9 Å². The Balaban J connectivity index is 0. The van der Waals surface area contributed by atoms with Crippen LogP contribution in [0.5, 0.6) is 0 Å². The van der Waals surface area contributed by atoms with Gasteiger partial charge in [-0.15, -0.1) is 0 Å². The van der Waals surface area contributed by atoms with Crippen LogP contribution in [0, 0.1) is 51.6 Å². The first kappa shape index (κ1) is 23.4. The normalized spacial score (nSPS) is 11.8. The van der Waals surface area contributed by atoms with E-state index >= 15 is 0 Å². The van der Waals surface area contributed by atoms with Crippen LogP contribution in [0.25, 0.3) is 0 Å². The van der Waals surface area contributed by atoms with E-state index in [-0.39, 0.29) is 37.7 Å². The van der Waals surface area contributed by atoms with Crippen molar-refractivity contribution in [2.24, 2.45) is 12.1 Å². The van der Waals surface area contributed by atoms with Gasteiger partial charge in [-0.3, -0.25) is 8.89 Å². The van der Waals surface area contributed by atoms with Crippen molar-refractivity contribution < 1.29 is 56.0 Å². The zero-order valence-corrected chi connectivity index (χ0v) is 17.9. The molecular weight excluding hydrogens is 561 g/mol. The molecule has 1 atom stereocenters. The zero-order valence-electron chi connectivity index (χ0n) is 10.6. The van der Waals surface area contributed by atoms with Gasteiger partial charge in [0, 0.05) is 56.0 Å². The predicted molar refractivity (Wildman–Crippen MR) is 85.0 cm³/mol. The fourth-order valence-corrected chi connectivity index (χ4v) is 1.67. The van der Waals surface area contributed by atoms with Gasteiger partial charge in [0.25, 0.3) is 0 Å². The number of aromatic nitrogens is 2. The van der Waals surface area contributed by atoms with Gasteiger partial charge in [0.1, 0.15) is 0 Å². The first-order valence-corrected chi connectivity index (χ1v) is 14.8. The summed E-state index contributed by atoms with van der Waals surface area (Å²) in [5.74, 6) is 0. The molecule has 0 aromatic carbocycles. The summed E-state index contributed by atoms with van der Waals surface area (Å²) >= 11 is 2.36. The molecule has 0 aliphatic heterocycles. The molecule has 11 heteroatoms. The molecule has 0 saturated heterocycles. The van der Waals surface area contributed by atoms with Crippen molar-refractivity contribution in [3.8, 4) is 0 Å². The molecule has 0 amide bonds. The van der Waals surface area contributed by atoms with Gasteiger partial charge < -0.3 is 4.55 Å². The number of hydrazone groups is 1. The molecule has 0 fully saturated rings. The molecular formula is C8H13ArI2N4O2SV-. The van der Waals surface area contributed by atoms with Crippen LogP contribution in [-0.2, 0) is 27.8 Å². The summed E-state index contributed by atoms with van der Waals surface area (Å²) in [6, 6.07) is 0. The van der Waals surface area contributed by atoms with E-state index in [0.29, 0.717) is 15.2 Å². The van der Waals surface area contributed by atoms with E-state index in [1.807, 2.05) is 25.7 Å². The summed E-state index contributed by atoms with van der Waals surface area (Å²) in [6.07, 6.45) is 0. The number of nitrogens with one attached hydrogen (secondary N) is 1. The monoisotopic (exact) mass is 574 g/mol. The van der Waals surface area contributed by atoms with Crippen molar-refractivity contribution in [2.75, 3.05) is 0 Å². The second-order valence-electron chi connectivity index (χ2n) is 3.26. The predicted octanol–water partition coefficient (Wildman–Crippen LogP) is 1.91. The average molecular weight is 574 g/mol. The van der Waals surface area contributed by atoms with Crippen LogP contribution in [-0.4, -0.2) is 24.3 Å². The van der Waals surface area contributed by atoms with E-state index in [2.05, 4.69) is 50.2 Å². The minimum absolute atomic E-state index is 0. The first-order chi connectivity index (χ1) is 8.34. The van der Waals surface area contributed by atoms with Gasteiger partial charge in [0.05, 0.1) is 22.7 Å². The van der Waals surface area contributed by atoms with Crippen LogP contribution in [0.3, 0.4) is 0 Å². The first-order valence-electron chi connectivity index (χ1n) is 4.67. The van der Waals surface area contributed by atoms with E-state index in [4.69, 9.17) is 0 Å². The van der Waals surface area contributed by atoms with Crippen LogP contribution in [0.2, 0.25) is 0 Å². The van der Waals surface area contributed by atoms with E-state index in [0.717, 1.165) is 17.0 Å². The van der Waals surface area contributed by atoms with Crippen molar-refractivity contribution in [3.63, 3.8) is 0 Å². The van der Waals surface area contributed by atoms with E-state index in [1.165, 1.54) is 0 Å². The summed E-state index contributed by atoms with van der Waals surface area (Å²) in [5, 5.41) is 7.94. The summed E-state index contributed by atoms with van der Waals surface area (Å²) in [5.41, 5.74) is 3.25. The summed E-state index contributed by atoms with van der Waals surface area (Å²) in [4.78, 5) is 1.98. The fourth-order valence-electron chi connectivity index (χ4n) is 1.46. The molecule has 0 aliphatic rings. The van der Waals surface area contributed by atoms with Gasteiger partial charge in [0.15, 0.2) is 0 Å². The quantitative estimate of drug-likeness (QED) is 0.260. The molecule has 1 aromatic rings. The number of nitrogens with zero attached hydrogens (tertiary/aromatic N) is 3. The molecule has 0 bridgehead atoms. The fraction of sp³-hybridized carbons (Fsp3) is 0.500. The molecule has 1 rings (SSSR count). The third-order valence-electron chi connectivity index (χ3n) is 2.16. The summed E-state index contributed by atoms with van der Waals surface area (Å²) in [7, 11) is 2.46. The number of hydrogen-bond donors (Lipinski definition) is 1. The average Bonchev–Trinajstić information content (AvgIpc) is 2.51. The zero-order chi connectivity index (χ0) is 14.3. The Labute approximate surface area is 174 Å². The van der Waals surface area contributed by atoms with Crippen molar-refractivity contribution in [1.82, 2.24) is 14.6 Å². The van der Waals surface area contributed by atoms with Crippen molar-refractivity contribution in [2.45, 2.75) is 20.8 Å². The van der Waals surface area contributed by atoms with Crippen LogP contribution >= 0.6 is 40.0 Å². The molecule has 1 N–H and O–H groups in total. The van der Waals surface area contributed by atoms with Crippen LogP contribution < -0.4 is 4.83 Å². The third kappa shape index (κ3) is 8.96. The summed E-state index contributed by atoms with van der Waals surface area (Å²) in [6.45, 7) is 5.49. The number of rotatable bonds is 3. The van der Waals surface area contributed by atoms with Gasteiger partial charge in [0.2, 0.25) is 0 Å². The Morgan fingerprint density at radius 1 is 1.53 bits per heavy atom. The van der Waals surface area contributed by atoms with Gasteiger partial charge in [-0.1, -0.05) is 0 Å². The number of hydrogen-bond acceptors (Lipinski definition) is 4. The van der Waals surface area contributed by atoms with Gasteiger partial charge >= 0.3 is 49.4 Å². The van der Waals surface area contributed by atoms with Crippen LogP contribution in [0.15, 0.2) is 5.10 Å². The van der Waals surface area contributed by atoms with Gasteiger partial charge in [-0.05, 0) is 20.8 Å². The Kier molecular flexibility index (Phi) is 15.5. The van der Waals surface area contributed by atoms with E-state index in [1.54, 1.807) is 11.6 Å². The molecule has 0 saturated carbocycles. The second-order valence-corrected chi connectivity index (χ2v) is 15.7. The minimum atomic E-state index is -2.38. The molecule has 1 heterocycles. The number of aryl methyl sites for hydroxylation is 2. The molecule has 19 heavy (non-hydrogen) atoms. The maximum atomic E-state index is 10.3. The van der Waals surface area contributed by atoms with E-state index in [9.17, 15) is 8.76 Å². The Hall–Kier alpha value is 2.09. The molecule has 1 unspecified atom stereocenters. The van der Waals surface area contributed by atoms with E-state index < -0.39 is 11.3 Å². The molecule has 0 radical (unpaired) electrons. The summed E-state index contributed by atoms with van der Waals surface area (Å²) < 4.78 is 22.3. The third-order valence-corrected chi connectivity index (χ3v) is 2.40. The Morgan fingerprint density at radius 2 is 2.00 bits per heavy atom. The Bertz CT molecular complexity index is 458. The van der Waals surface area contributed by atoms with Gasteiger partial charge in [-0.2, -0.15) is 10.2 Å². The Morgan fingerprint density at radius 3 is 2.32 bits per heavy atom.